The van der Waals surface area contributed by atoms with Crippen molar-refractivity contribution in [1.29, 1.82) is 0 Å². The van der Waals surface area contributed by atoms with Crippen LogP contribution in [0.1, 0.15) is 16.2 Å². The molecule has 0 aliphatic carbocycles. The predicted octanol–water partition coefficient (Wildman–Crippen LogP) is 3.05. The van der Waals surface area contributed by atoms with E-state index in [4.69, 9.17) is 5.11 Å². The molecule has 1 aromatic heterocycles. The zero-order valence-electron chi connectivity index (χ0n) is 11.7. The number of fused-ring (bicyclic) bond motifs is 1. The van der Waals surface area contributed by atoms with Crippen molar-refractivity contribution >= 4 is 28.6 Å². The summed E-state index contributed by atoms with van der Waals surface area (Å²) < 4.78 is 12.9. The van der Waals surface area contributed by atoms with E-state index in [2.05, 4.69) is 9.97 Å². The second kappa shape index (κ2) is 6.21. The Kier molecular flexibility index (Phi) is 4.12. The van der Waals surface area contributed by atoms with Crippen LogP contribution >= 0.6 is 11.8 Å². The van der Waals surface area contributed by atoms with Crippen molar-refractivity contribution in [2.75, 3.05) is 0 Å². The SMILES string of the molecule is O=C(O)c1ccc2c(=O)[nH]c(CSc3ccc(F)cc3)nc2c1. The Balaban J connectivity index is 1.90. The molecule has 3 aromatic rings. The van der Waals surface area contributed by atoms with E-state index < -0.39 is 5.97 Å². The molecule has 0 amide bonds. The Bertz CT molecular complexity index is 938. The number of thioether (sulfide) groups is 1. The molecule has 3 rings (SSSR count). The topological polar surface area (TPSA) is 83.0 Å². The molecule has 0 saturated carbocycles. The van der Waals surface area contributed by atoms with Crippen LogP contribution in [0.4, 0.5) is 4.39 Å². The van der Waals surface area contributed by atoms with E-state index in [0.29, 0.717) is 22.5 Å². The van der Waals surface area contributed by atoms with Gasteiger partial charge in [-0.1, -0.05) is 0 Å². The van der Waals surface area contributed by atoms with Gasteiger partial charge in [0, 0.05) is 4.90 Å². The van der Waals surface area contributed by atoms with Crippen molar-refractivity contribution in [2.24, 2.45) is 0 Å². The summed E-state index contributed by atoms with van der Waals surface area (Å²) in [5, 5.41) is 9.35. The lowest BCUT2D eigenvalue weighted by atomic mass is 10.1. The Labute approximate surface area is 134 Å². The summed E-state index contributed by atoms with van der Waals surface area (Å²) in [6.07, 6.45) is 0. The number of aromatic carboxylic acids is 1. The maximum atomic E-state index is 12.9. The minimum absolute atomic E-state index is 0.0766. The maximum Gasteiger partial charge on any atom is 0.335 e. The lowest BCUT2D eigenvalue weighted by Crippen LogP contribution is -2.12. The van der Waals surface area contributed by atoms with Crippen LogP contribution in [0.5, 0.6) is 0 Å². The molecule has 0 radical (unpaired) electrons. The van der Waals surface area contributed by atoms with E-state index in [1.165, 1.54) is 42.1 Å². The Morgan fingerprint density at radius 1 is 1.22 bits per heavy atom. The van der Waals surface area contributed by atoms with Gasteiger partial charge in [0.2, 0.25) is 0 Å². The lowest BCUT2D eigenvalue weighted by Gasteiger charge is -2.04. The van der Waals surface area contributed by atoms with Crippen LogP contribution in [-0.2, 0) is 5.75 Å². The molecule has 2 N–H and O–H groups in total. The summed E-state index contributed by atoms with van der Waals surface area (Å²) >= 11 is 1.39. The molecule has 0 spiro atoms. The van der Waals surface area contributed by atoms with Gasteiger partial charge in [0.25, 0.3) is 5.56 Å². The monoisotopic (exact) mass is 330 g/mol. The van der Waals surface area contributed by atoms with Crippen LogP contribution < -0.4 is 5.56 Å². The fraction of sp³-hybridized carbons (Fsp3) is 0.0625. The Hall–Kier alpha value is -2.67. The third kappa shape index (κ3) is 3.40. The van der Waals surface area contributed by atoms with Crippen molar-refractivity contribution in [1.82, 2.24) is 9.97 Å². The number of benzene rings is 2. The number of halogens is 1. The molecule has 116 valence electrons. The molecule has 23 heavy (non-hydrogen) atoms. The third-order valence-electron chi connectivity index (χ3n) is 3.19. The van der Waals surface area contributed by atoms with Crippen LogP contribution in [0, 0.1) is 5.82 Å². The fourth-order valence-corrected chi connectivity index (χ4v) is 2.84. The number of carbonyl (C=O) groups is 1. The van der Waals surface area contributed by atoms with Gasteiger partial charge < -0.3 is 10.1 Å². The highest BCUT2D eigenvalue weighted by Gasteiger charge is 2.09. The molecule has 7 heteroatoms. The average molecular weight is 330 g/mol. The second-order valence-corrected chi connectivity index (χ2v) is 5.84. The smallest absolute Gasteiger partial charge is 0.335 e. The molecule has 0 atom stereocenters. The molecule has 0 aliphatic heterocycles. The number of carboxylic acid groups (broad SMARTS) is 1. The molecule has 0 saturated heterocycles. The maximum absolute atomic E-state index is 12.9. The number of aromatic nitrogens is 2. The molecule has 5 nitrogen and oxygen atoms in total. The van der Waals surface area contributed by atoms with Crippen molar-refractivity contribution < 1.29 is 14.3 Å². The van der Waals surface area contributed by atoms with E-state index in [-0.39, 0.29) is 16.9 Å². The minimum Gasteiger partial charge on any atom is -0.478 e. The molecule has 0 aliphatic rings. The van der Waals surface area contributed by atoms with E-state index in [9.17, 15) is 14.0 Å². The van der Waals surface area contributed by atoms with E-state index in [1.54, 1.807) is 12.1 Å². The summed E-state index contributed by atoms with van der Waals surface area (Å²) in [4.78, 5) is 30.8. The molecular formula is C16H11FN2O3S. The highest BCUT2D eigenvalue weighted by Crippen LogP contribution is 2.21. The number of H-pyrrole nitrogens is 1. The number of hydrogen-bond donors (Lipinski definition) is 2. The van der Waals surface area contributed by atoms with Gasteiger partial charge in [-0.2, -0.15) is 0 Å². The zero-order chi connectivity index (χ0) is 16.4. The van der Waals surface area contributed by atoms with Gasteiger partial charge in [0.15, 0.2) is 0 Å². The first-order valence-electron chi connectivity index (χ1n) is 6.67. The second-order valence-electron chi connectivity index (χ2n) is 4.79. The van der Waals surface area contributed by atoms with Gasteiger partial charge in [-0.3, -0.25) is 4.79 Å². The van der Waals surface area contributed by atoms with Crippen LogP contribution in [-0.4, -0.2) is 21.0 Å². The minimum atomic E-state index is -1.07. The van der Waals surface area contributed by atoms with Gasteiger partial charge in [0.05, 0.1) is 22.2 Å². The van der Waals surface area contributed by atoms with Gasteiger partial charge in [-0.15, -0.1) is 11.8 Å². The number of nitrogens with one attached hydrogen (secondary N) is 1. The van der Waals surface area contributed by atoms with Crippen molar-refractivity contribution in [3.05, 3.63) is 70.0 Å². The molecule has 0 unspecified atom stereocenters. The molecule has 1 heterocycles. The van der Waals surface area contributed by atoms with Crippen molar-refractivity contribution in [2.45, 2.75) is 10.6 Å². The molecular weight excluding hydrogens is 319 g/mol. The zero-order valence-corrected chi connectivity index (χ0v) is 12.6. The number of aromatic amines is 1. The summed E-state index contributed by atoms with van der Waals surface area (Å²) in [5.41, 5.74) is 0.0951. The number of nitrogens with zero attached hydrogens (tertiary/aromatic N) is 1. The highest BCUT2D eigenvalue weighted by molar-refractivity contribution is 7.98. The predicted molar refractivity (Wildman–Crippen MR) is 85.3 cm³/mol. The molecule has 0 fully saturated rings. The quantitative estimate of drug-likeness (QED) is 0.718. The average Bonchev–Trinajstić information content (AvgIpc) is 2.54. The van der Waals surface area contributed by atoms with Crippen molar-refractivity contribution in [3.8, 4) is 0 Å². The summed E-state index contributed by atoms with van der Waals surface area (Å²) in [5.74, 6) is -0.572. The summed E-state index contributed by atoms with van der Waals surface area (Å²) in [6.45, 7) is 0. The molecule has 0 bridgehead atoms. The molecule has 2 aromatic carbocycles. The van der Waals surface area contributed by atoms with Gasteiger partial charge >= 0.3 is 5.97 Å². The number of rotatable bonds is 4. The van der Waals surface area contributed by atoms with Crippen LogP contribution in [0.2, 0.25) is 0 Å². The third-order valence-corrected chi connectivity index (χ3v) is 4.22. The van der Waals surface area contributed by atoms with Crippen molar-refractivity contribution in [3.63, 3.8) is 0 Å². The lowest BCUT2D eigenvalue weighted by molar-refractivity contribution is 0.0697. The van der Waals surface area contributed by atoms with Crippen LogP contribution in [0.15, 0.2) is 52.2 Å². The van der Waals surface area contributed by atoms with Crippen LogP contribution in [0.25, 0.3) is 10.9 Å². The first kappa shape index (κ1) is 15.2. The fourth-order valence-electron chi connectivity index (χ4n) is 2.07. The number of carboxylic acids is 1. The van der Waals surface area contributed by atoms with E-state index >= 15 is 0 Å². The largest absolute Gasteiger partial charge is 0.478 e. The highest BCUT2D eigenvalue weighted by atomic mass is 32.2. The number of hydrogen-bond acceptors (Lipinski definition) is 4. The van der Waals surface area contributed by atoms with E-state index in [0.717, 1.165) is 4.90 Å². The first-order chi connectivity index (χ1) is 11.0. The Morgan fingerprint density at radius 3 is 2.65 bits per heavy atom. The summed E-state index contributed by atoms with van der Waals surface area (Å²) in [6, 6.07) is 10.2. The van der Waals surface area contributed by atoms with Gasteiger partial charge in [-0.25, -0.2) is 14.2 Å². The first-order valence-corrected chi connectivity index (χ1v) is 7.66. The van der Waals surface area contributed by atoms with Gasteiger partial charge in [0.1, 0.15) is 11.6 Å². The summed E-state index contributed by atoms with van der Waals surface area (Å²) in [7, 11) is 0. The van der Waals surface area contributed by atoms with Gasteiger partial charge in [-0.05, 0) is 42.5 Å². The van der Waals surface area contributed by atoms with E-state index in [1.807, 2.05) is 0 Å². The standard InChI is InChI=1S/C16H11FN2O3S/c17-10-2-4-11(5-3-10)23-8-14-18-13-7-9(16(21)22)1-6-12(13)15(20)19-14/h1-7H,8H2,(H,21,22)(H,18,19,20). The van der Waals surface area contributed by atoms with Crippen LogP contribution in [0.3, 0.4) is 0 Å². The Morgan fingerprint density at radius 2 is 1.96 bits per heavy atom. The normalized spacial score (nSPS) is 10.8.